The van der Waals surface area contributed by atoms with E-state index in [9.17, 15) is 0 Å². The van der Waals surface area contributed by atoms with Gasteiger partial charge in [-0.25, -0.2) is 0 Å². The van der Waals surface area contributed by atoms with Crippen LogP contribution in [0.25, 0.3) is 11.6 Å². The molecule has 0 aromatic heterocycles. The quantitative estimate of drug-likeness (QED) is 0.650. The maximum atomic E-state index is 4.26. The maximum Gasteiger partial charge on any atom is -0.0123 e. The third kappa shape index (κ3) is 2.22. The molecule has 0 spiro atoms. The van der Waals surface area contributed by atoms with Crippen molar-refractivity contribution in [2.45, 2.75) is 46.0 Å². The zero-order valence-corrected chi connectivity index (χ0v) is 11.2. The van der Waals surface area contributed by atoms with Crippen LogP contribution in [0.3, 0.4) is 0 Å². The summed E-state index contributed by atoms with van der Waals surface area (Å²) in [6, 6.07) is 4.61. The third-order valence-electron chi connectivity index (χ3n) is 3.60. The van der Waals surface area contributed by atoms with Crippen molar-refractivity contribution in [2.24, 2.45) is 0 Å². The summed E-state index contributed by atoms with van der Waals surface area (Å²) in [6.45, 7) is 10.9. The molecule has 0 N–H and O–H groups in total. The Kier molecular flexibility index (Phi) is 3.51. The molecule has 0 nitrogen and oxygen atoms in total. The van der Waals surface area contributed by atoms with Gasteiger partial charge >= 0.3 is 0 Å². The lowest BCUT2D eigenvalue weighted by molar-refractivity contribution is 0.811. The Labute approximate surface area is 105 Å². The van der Waals surface area contributed by atoms with Crippen LogP contribution in [0, 0.1) is 0 Å². The van der Waals surface area contributed by atoms with Crippen LogP contribution in [0.5, 0.6) is 0 Å². The molecule has 2 rings (SSSR count). The van der Waals surface area contributed by atoms with Crippen molar-refractivity contribution in [1.29, 1.82) is 0 Å². The molecule has 0 saturated carbocycles. The molecule has 17 heavy (non-hydrogen) atoms. The van der Waals surface area contributed by atoms with Gasteiger partial charge in [-0.15, -0.1) is 0 Å². The molecular weight excluding hydrogens is 204 g/mol. The summed E-state index contributed by atoms with van der Waals surface area (Å²) in [6.07, 6.45) is 8.01. The lowest BCUT2D eigenvalue weighted by atomic mass is 9.81. The SMILES string of the molecule is C=C1CCCc2ccc(C(C)C)c(/C=C\C)c21. The topological polar surface area (TPSA) is 0 Å². The Morgan fingerprint density at radius 1 is 1.24 bits per heavy atom. The second kappa shape index (κ2) is 4.91. The van der Waals surface area contributed by atoms with Crippen molar-refractivity contribution in [3.8, 4) is 0 Å². The van der Waals surface area contributed by atoms with Gasteiger partial charge in [0.25, 0.3) is 0 Å². The predicted octanol–water partition coefficient (Wildman–Crippen LogP) is 5.19. The molecule has 0 aliphatic heterocycles. The van der Waals surface area contributed by atoms with Crippen LogP contribution < -0.4 is 0 Å². The number of allylic oxidation sites excluding steroid dienone is 2. The van der Waals surface area contributed by atoms with Gasteiger partial charge in [0.15, 0.2) is 0 Å². The molecule has 1 aliphatic carbocycles. The first-order chi connectivity index (χ1) is 8.15. The smallest absolute Gasteiger partial charge is 0.0123 e. The number of hydrogen-bond acceptors (Lipinski definition) is 0. The number of hydrogen-bond donors (Lipinski definition) is 0. The van der Waals surface area contributed by atoms with E-state index in [2.05, 4.69) is 51.6 Å². The molecule has 0 saturated heterocycles. The third-order valence-corrected chi connectivity index (χ3v) is 3.60. The second-order valence-electron chi connectivity index (χ2n) is 5.21. The first kappa shape index (κ1) is 12.2. The van der Waals surface area contributed by atoms with Crippen LogP contribution in [-0.4, -0.2) is 0 Å². The highest BCUT2D eigenvalue weighted by Gasteiger charge is 2.18. The molecule has 0 heterocycles. The fraction of sp³-hybridized carbons (Fsp3) is 0.412. The van der Waals surface area contributed by atoms with Crippen molar-refractivity contribution in [1.82, 2.24) is 0 Å². The van der Waals surface area contributed by atoms with Crippen LogP contribution in [0.15, 0.2) is 24.8 Å². The first-order valence-corrected chi connectivity index (χ1v) is 6.61. The van der Waals surface area contributed by atoms with E-state index in [1.54, 1.807) is 0 Å². The Hall–Kier alpha value is -1.30. The molecule has 0 amide bonds. The molecule has 0 unspecified atom stereocenters. The molecule has 0 atom stereocenters. The number of aryl methyl sites for hydroxylation is 1. The van der Waals surface area contributed by atoms with Crippen LogP contribution >= 0.6 is 0 Å². The second-order valence-corrected chi connectivity index (χ2v) is 5.21. The summed E-state index contributed by atoms with van der Waals surface area (Å²) in [4.78, 5) is 0. The van der Waals surface area contributed by atoms with E-state index in [4.69, 9.17) is 0 Å². The van der Waals surface area contributed by atoms with E-state index < -0.39 is 0 Å². The minimum Gasteiger partial charge on any atom is -0.0952 e. The summed E-state index contributed by atoms with van der Waals surface area (Å²) in [5.41, 5.74) is 7.09. The van der Waals surface area contributed by atoms with Crippen LogP contribution in [0.2, 0.25) is 0 Å². The maximum absolute atomic E-state index is 4.26. The first-order valence-electron chi connectivity index (χ1n) is 6.61. The molecule has 90 valence electrons. The molecule has 0 bridgehead atoms. The lowest BCUT2D eigenvalue weighted by Gasteiger charge is -2.24. The molecule has 1 aliphatic rings. The minimum atomic E-state index is 0.571. The van der Waals surface area contributed by atoms with Crippen molar-refractivity contribution in [2.75, 3.05) is 0 Å². The van der Waals surface area contributed by atoms with Gasteiger partial charge < -0.3 is 0 Å². The van der Waals surface area contributed by atoms with Gasteiger partial charge in [-0.05, 0) is 59.9 Å². The van der Waals surface area contributed by atoms with Crippen molar-refractivity contribution < 1.29 is 0 Å². The normalized spacial score (nSPS) is 15.6. The Morgan fingerprint density at radius 3 is 2.65 bits per heavy atom. The van der Waals surface area contributed by atoms with E-state index in [1.807, 2.05) is 0 Å². The zero-order valence-electron chi connectivity index (χ0n) is 11.2. The average molecular weight is 226 g/mol. The van der Waals surface area contributed by atoms with Gasteiger partial charge in [0.1, 0.15) is 0 Å². The molecule has 1 aromatic carbocycles. The van der Waals surface area contributed by atoms with E-state index in [-0.39, 0.29) is 0 Å². The summed E-state index contributed by atoms with van der Waals surface area (Å²) < 4.78 is 0. The highest BCUT2D eigenvalue weighted by molar-refractivity contribution is 5.78. The van der Waals surface area contributed by atoms with Gasteiger partial charge in [0.05, 0.1) is 0 Å². The van der Waals surface area contributed by atoms with Crippen molar-refractivity contribution in [3.05, 3.63) is 47.0 Å². The molecular formula is C17H22. The highest BCUT2D eigenvalue weighted by atomic mass is 14.2. The zero-order chi connectivity index (χ0) is 12.4. The standard InChI is InChI=1S/C17H22/c1-5-7-16-15(12(2)3)11-10-14-9-6-8-13(4)17(14)16/h5,7,10-12H,4,6,8-9H2,1-3H3/b7-5-. The fourth-order valence-electron chi connectivity index (χ4n) is 2.77. The van der Waals surface area contributed by atoms with E-state index in [1.165, 1.54) is 40.7 Å². The van der Waals surface area contributed by atoms with Crippen LogP contribution in [0.1, 0.15) is 61.8 Å². The van der Waals surface area contributed by atoms with Crippen molar-refractivity contribution in [3.63, 3.8) is 0 Å². The molecule has 0 heteroatoms. The average Bonchev–Trinajstić information content (AvgIpc) is 2.29. The summed E-state index contributed by atoms with van der Waals surface area (Å²) >= 11 is 0. The highest BCUT2D eigenvalue weighted by Crippen LogP contribution is 2.36. The Bertz CT molecular complexity index is 461. The summed E-state index contributed by atoms with van der Waals surface area (Å²) in [5, 5.41) is 0. The van der Waals surface area contributed by atoms with Crippen molar-refractivity contribution >= 4 is 11.6 Å². The van der Waals surface area contributed by atoms with Gasteiger partial charge in [0.2, 0.25) is 0 Å². The number of fused-ring (bicyclic) bond motifs is 1. The van der Waals surface area contributed by atoms with E-state index in [0.29, 0.717) is 5.92 Å². The van der Waals surface area contributed by atoms with Gasteiger partial charge in [-0.1, -0.05) is 44.7 Å². The number of rotatable bonds is 2. The number of benzene rings is 1. The molecule has 1 aromatic rings. The van der Waals surface area contributed by atoms with Gasteiger partial charge in [0, 0.05) is 0 Å². The monoisotopic (exact) mass is 226 g/mol. The summed E-state index contributed by atoms with van der Waals surface area (Å²) in [5.74, 6) is 0.571. The Balaban J connectivity index is 2.67. The largest absolute Gasteiger partial charge is 0.0952 e. The van der Waals surface area contributed by atoms with Crippen LogP contribution in [0.4, 0.5) is 0 Å². The minimum absolute atomic E-state index is 0.571. The molecule has 0 radical (unpaired) electrons. The van der Waals surface area contributed by atoms with E-state index in [0.717, 1.165) is 6.42 Å². The fourth-order valence-corrected chi connectivity index (χ4v) is 2.77. The summed E-state index contributed by atoms with van der Waals surface area (Å²) in [7, 11) is 0. The van der Waals surface area contributed by atoms with Gasteiger partial charge in [-0.2, -0.15) is 0 Å². The lowest BCUT2D eigenvalue weighted by Crippen LogP contribution is -2.06. The van der Waals surface area contributed by atoms with Gasteiger partial charge in [-0.3, -0.25) is 0 Å². The predicted molar refractivity (Wildman–Crippen MR) is 77.2 cm³/mol. The molecule has 0 fully saturated rings. The Morgan fingerprint density at radius 2 is 2.00 bits per heavy atom. The van der Waals surface area contributed by atoms with Crippen LogP contribution in [-0.2, 0) is 6.42 Å². The van der Waals surface area contributed by atoms with E-state index >= 15 is 0 Å².